The number of hydrogen-bond donors (Lipinski definition) is 1. The first-order chi connectivity index (χ1) is 9.79. The second-order valence-electron chi connectivity index (χ2n) is 7.05. The van der Waals surface area contributed by atoms with Gasteiger partial charge in [-0.3, -0.25) is 0 Å². The maximum Gasteiger partial charge on any atom is 0.0685 e. The van der Waals surface area contributed by atoms with E-state index < -0.39 is 0 Å². The number of hydrogen-bond acceptors (Lipinski definition) is 2. The lowest BCUT2D eigenvalue weighted by molar-refractivity contribution is -0.147. The van der Waals surface area contributed by atoms with Crippen LogP contribution in [0.1, 0.15) is 84.5 Å². The number of ether oxygens (including phenoxy) is 1. The summed E-state index contributed by atoms with van der Waals surface area (Å²) in [5.41, 5.74) is 0.304. The Labute approximate surface area is 126 Å². The van der Waals surface area contributed by atoms with Gasteiger partial charge in [0, 0.05) is 12.6 Å². The van der Waals surface area contributed by atoms with Crippen molar-refractivity contribution in [2.24, 2.45) is 5.92 Å². The van der Waals surface area contributed by atoms with Crippen molar-refractivity contribution >= 4 is 0 Å². The molecule has 2 unspecified atom stereocenters. The molecule has 0 aromatic heterocycles. The minimum atomic E-state index is 0.304. The van der Waals surface area contributed by atoms with Crippen LogP contribution in [0.15, 0.2) is 0 Å². The highest BCUT2D eigenvalue weighted by atomic mass is 16.5. The van der Waals surface area contributed by atoms with Crippen molar-refractivity contribution in [1.29, 1.82) is 0 Å². The van der Waals surface area contributed by atoms with Gasteiger partial charge >= 0.3 is 0 Å². The predicted molar refractivity (Wildman–Crippen MR) is 86.1 cm³/mol. The molecule has 118 valence electrons. The third-order valence-electron chi connectivity index (χ3n) is 5.39. The lowest BCUT2D eigenvalue weighted by Gasteiger charge is -2.49. The number of nitrogens with one attached hydrogen (secondary N) is 1. The monoisotopic (exact) mass is 281 g/mol. The maximum atomic E-state index is 6.10. The van der Waals surface area contributed by atoms with Gasteiger partial charge in [-0.2, -0.15) is 0 Å². The standard InChI is InChI=1S/C18H35NO/c1-3-5-6-7-9-17(19-13-4-2)16-10-14-20-18(15-16)11-8-12-18/h16-17,19H,3-15H2,1-2H3. The molecule has 1 saturated carbocycles. The lowest BCUT2D eigenvalue weighted by Crippen LogP contribution is -2.50. The van der Waals surface area contributed by atoms with Crippen molar-refractivity contribution in [2.45, 2.75) is 96.1 Å². The summed E-state index contributed by atoms with van der Waals surface area (Å²) in [4.78, 5) is 0. The summed E-state index contributed by atoms with van der Waals surface area (Å²) in [5.74, 6) is 0.859. The zero-order valence-corrected chi connectivity index (χ0v) is 13.8. The topological polar surface area (TPSA) is 21.3 Å². The number of rotatable bonds is 9. The van der Waals surface area contributed by atoms with E-state index in [2.05, 4.69) is 19.2 Å². The smallest absolute Gasteiger partial charge is 0.0685 e. The van der Waals surface area contributed by atoms with E-state index in [1.807, 2.05) is 0 Å². The Balaban J connectivity index is 1.80. The van der Waals surface area contributed by atoms with Crippen LogP contribution in [0, 0.1) is 5.92 Å². The minimum Gasteiger partial charge on any atom is -0.375 e. The van der Waals surface area contributed by atoms with Crippen molar-refractivity contribution < 1.29 is 4.74 Å². The molecule has 2 heteroatoms. The fourth-order valence-electron chi connectivity index (χ4n) is 3.95. The van der Waals surface area contributed by atoms with Gasteiger partial charge in [-0.05, 0) is 57.4 Å². The molecule has 0 bridgehead atoms. The predicted octanol–water partition coefficient (Wildman–Crippen LogP) is 4.67. The molecule has 2 nitrogen and oxygen atoms in total. The molecular formula is C18H35NO. The average Bonchev–Trinajstić information content (AvgIpc) is 2.45. The molecule has 1 heterocycles. The van der Waals surface area contributed by atoms with Gasteiger partial charge in [0.05, 0.1) is 5.60 Å². The molecule has 2 atom stereocenters. The van der Waals surface area contributed by atoms with Gasteiger partial charge in [0.25, 0.3) is 0 Å². The van der Waals surface area contributed by atoms with Crippen LogP contribution in [-0.2, 0) is 4.74 Å². The summed E-state index contributed by atoms with van der Waals surface area (Å²) >= 11 is 0. The Hall–Kier alpha value is -0.0800. The van der Waals surface area contributed by atoms with Gasteiger partial charge < -0.3 is 10.1 Å². The van der Waals surface area contributed by atoms with Crippen LogP contribution in [0.5, 0.6) is 0 Å². The lowest BCUT2D eigenvalue weighted by atomic mass is 9.70. The molecule has 1 aliphatic carbocycles. The Kier molecular flexibility index (Phi) is 6.83. The van der Waals surface area contributed by atoms with E-state index >= 15 is 0 Å². The molecule has 0 radical (unpaired) electrons. The van der Waals surface area contributed by atoms with Crippen LogP contribution in [-0.4, -0.2) is 24.8 Å². The van der Waals surface area contributed by atoms with Gasteiger partial charge in [-0.25, -0.2) is 0 Å². The molecule has 2 aliphatic rings. The average molecular weight is 281 g/mol. The van der Waals surface area contributed by atoms with Gasteiger partial charge in [0.15, 0.2) is 0 Å². The molecular weight excluding hydrogens is 246 g/mol. The highest BCUT2D eigenvalue weighted by Crippen LogP contribution is 2.45. The largest absolute Gasteiger partial charge is 0.375 e. The normalized spacial score (nSPS) is 26.4. The summed E-state index contributed by atoms with van der Waals surface area (Å²) in [6.07, 6.45) is 14.8. The Bertz CT molecular complexity index is 262. The van der Waals surface area contributed by atoms with Gasteiger partial charge in [-0.15, -0.1) is 0 Å². The van der Waals surface area contributed by atoms with Gasteiger partial charge in [-0.1, -0.05) is 39.5 Å². The zero-order valence-electron chi connectivity index (χ0n) is 13.8. The van der Waals surface area contributed by atoms with Crippen molar-refractivity contribution in [3.05, 3.63) is 0 Å². The molecule has 1 N–H and O–H groups in total. The first-order valence-corrected chi connectivity index (χ1v) is 9.17. The van der Waals surface area contributed by atoms with E-state index in [4.69, 9.17) is 4.74 Å². The Morgan fingerprint density at radius 3 is 2.65 bits per heavy atom. The van der Waals surface area contributed by atoms with E-state index in [9.17, 15) is 0 Å². The fraction of sp³-hybridized carbons (Fsp3) is 1.00. The summed E-state index contributed by atoms with van der Waals surface area (Å²) < 4.78 is 6.10. The first kappa shape index (κ1) is 16.3. The highest BCUT2D eigenvalue weighted by molar-refractivity contribution is 4.96. The SMILES string of the molecule is CCCCCCC(NCCC)C1CCOC2(CCC2)C1. The molecule has 0 aromatic carbocycles. The molecule has 0 amide bonds. The summed E-state index contributed by atoms with van der Waals surface area (Å²) in [7, 11) is 0. The molecule has 2 rings (SSSR count). The minimum absolute atomic E-state index is 0.304. The first-order valence-electron chi connectivity index (χ1n) is 9.17. The molecule has 20 heavy (non-hydrogen) atoms. The van der Waals surface area contributed by atoms with E-state index in [-0.39, 0.29) is 0 Å². The van der Waals surface area contributed by atoms with Crippen LogP contribution >= 0.6 is 0 Å². The van der Waals surface area contributed by atoms with E-state index in [0.29, 0.717) is 5.60 Å². The Morgan fingerprint density at radius 1 is 1.15 bits per heavy atom. The molecule has 1 aliphatic heterocycles. The third-order valence-corrected chi connectivity index (χ3v) is 5.39. The second kappa shape index (κ2) is 8.38. The maximum absolute atomic E-state index is 6.10. The summed E-state index contributed by atoms with van der Waals surface area (Å²) in [5, 5.41) is 3.85. The van der Waals surface area contributed by atoms with E-state index in [1.54, 1.807) is 0 Å². The van der Waals surface area contributed by atoms with Crippen molar-refractivity contribution in [1.82, 2.24) is 5.32 Å². The highest BCUT2D eigenvalue weighted by Gasteiger charge is 2.43. The van der Waals surface area contributed by atoms with E-state index in [1.165, 1.54) is 77.2 Å². The van der Waals surface area contributed by atoms with Crippen LogP contribution < -0.4 is 5.32 Å². The van der Waals surface area contributed by atoms with E-state index in [0.717, 1.165) is 18.6 Å². The van der Waals surface area contributed by atoms with Crippen molar-refractivity contribution in [2.75, 3.05) is 13.2 Å². The van der Waals surface area contributed by atoms with Crippen molar-refractivity contribution in [3.8, 4) is 0 Å². The quantitative estimate of drug-likeness (QED) is 0.620. The summed E-state index contributed by atoms with van der Waals surface area (Å²) in [6.45, 7) is 6.76. The third kappa shape index (κ3) is 4.46. The fourth-order valence-corrected chi connectivity index (χ4v) is 3.95. The number of unbranched alkanes of at least 4 members (excludes halogenated alkanes) is 3. The molecule has 1 saturated heterocycles. The summed E-state index contributed by atoms with van der Waals surface area (Å²) in [6, 6.07) is 0.744. The van der Waals surface area contributed by atoms with Crippen LogP contribution in [0.25, 0.3) is 0 Å². The molecule has 2 fully saturated rings. The Morgan fingerprint density at radius 2 is 2.00 bits per heavy atom. The van der Waals surface area contributed by atoms with Gasteiger partial charge in [0.1, 0.15) is 0 Å². The van der Waals surface area contributed by atoms with Crippen LogP contribution in [0.3, 0.4) is 0 Å². The van der Waals surface area contributed by atoms with Crippen molar-refractivity contribution in [3.63, 3.8) is 0 Å². The van der Waals surface area contributed by atoms with Crippen LogP contribution in [0.2, 0.25) is 0 Å². The molecule has 1 spiro atoms. The van der Waals surface area contributed by atoms with Crippen LogP contribution in [0.4, 0.5) is 0 Å². The zero-order chi connectivity index (χ0) is 14.3. The molecule has 0 aromatic rings. The van der Waals surface area contributed by atoms with Gasteiger partial charge in [0.2, 0.25) is 0 Å². The second-order valence-corrected chi connectivity index (χ2v) is 7.05.